The van der Waals surface area contributed by atoms with Gasteiger partial charge in [0.05, 0.1) is 18.2 Å². The summed E-state index contributed by atoms with van der Waals surface area (Å²) in [5.41, 5.74) is 1.47. The van der Waals surface area contributed by atoms with Gasteiger partial charge >= 0.3 is 0 Å². The molecule has 7 nitrogen and oxygen atoms in total. The molecule has 1 atom stereocenters. The normalized spacial score (nSPS) is 15.5. The fourth-order valence-electron chi connectivity index (χ4n) is 4.44. The van der Waals surface area contributed by atoms with E-state index in [4.69, 9.17) is 4.74 Å². The van der Waals surface area contributed by atoms with E-state index in [1.54, 1.807) is 43.0 Å². The second kappa shape index (κ2) is 10.1. The average molecular weight is 453 g/mol. The summed E-state index contributed by atoms with van der Waals surface area (Å²) >= 11 is 0. The fourth-order valence-corrected chi connectivity index (χ4v) is 4.44. The van der Waals surface area contributed by atoms with Gasteiger partial charge in [0.1, 0.15) is 17.4 Å². The molecule has 3 heterocycles. The second-order valence-electron chi connectivity index (χ2n) is 8.20. The van der Waals surface area contributed by atoms with Gasteiger partial charge in [0.25, 0.3) is 5.56 Å². The summed E-state index contributed by atoms with van der Waals surface area (Å²) in [6.45, 7) is 5.32. The summed E-state index contributed by atoms with van der Waals surface area (Å²) in [5.74, 6) is 0.520. The molecule has 0 bridgehead atoms. The van der Waals surface area contributed by atoms with Gasteiger partial charge in [-0.1, -0.05) is 18.2 Å². The van der Waals surface area contributed by atoms with Crippen molar-refractivity contribution in [2.45, 2.75) is 19.5 Å². The maximum Gasteiger partial charge on any atom is 0.259 e. The lowest BCUT2D eigenvalue weighted by Gasteiger charge is -2.40. The van der Waals surface area contributed by atoms with Gasteiger partial charge in [-0.05, 0) is 42.8 Å². The highest BCUT2D eigenvalue weighted by Crippen LogP contribution is 2.33. The molecule has 1 N–H and O–H groups in total. The van der Waals surface area contributed by atoms with E-state index in [1.807, 2.05) is 18.2 Å². The molecule has 0 spiro atoms. The number of pyridine rings is 2. The molecular formula is C25H29FN4O3. The molecule has 33 heavy (non-hydrogen) atoms. The maximum atomic E-state index is 13.7. The molecule has 1 aromatic carbocycles. The minimum Gasteiger partial charge on any atom is -0.507 e. The molecule has 1 fully saturated rings. The molecular weight excluding hydrogens is 423 g/mol. The zero-order chi connectivity index (χ0) is 23.4. The third-order valence-corrected chi connectivity index (χ3v) is 6.15. The van der Waals surface area contributed by atoms with Crippen LogP contribution in [0.4, 0.5) is 10.2 Å². The lowest BCUT2D eigenvalue weighted by Crippen LogP contribution is -2.49. The molecule has 8 heteroatoms. The summed E-state index contributed by atoms with van der Waals surface area (Å²) in [7, 11) is 1.59. The molecule has 0 amide bonds. The van der Waals surface area contributed by atoms with Crippen LogP contribution in [0.1, 0.15) is 22.9 Å². The Morgan fingerprint density at radius 2 is 1.85 bits per heavy atom. The highest BCUT2D eigenvalue weighted by atomic mass is 19.1. The van der Waals surface area contributed by atoms with Gasteiger partial charge in [-0.3, -0.25) is 9.69 Å². The van der Waals surface area contributed by atoms with Crippen molar-refractivity contribution in [3.8, 4) is 5.75 Å². The quantitative estimate of drug-likeness (QED) is 0.595. The monoisotopic (exact) mass is 452 g/mol. The number of aromatic nitrogens is 2. The van der Waals surface area contributed by atoms with Gasteiger partial charge in [-0.2, -0.15) is 0 Å². The Balaban J connectivity index is 1.72. The van der Waals surface area contributed by atoms with Crippen molar-refractivity contribution < 1.29 is 14.2 Å². The van der Waals surface area contributed by atoms with Crippen LogP contribution in [0.3, 0.4) is 0 Å². The zero-order valence-electron chi connectivity index (χ0n) is 18.9. The van der Waals surface area contributed by atoms with Crippen molar-refractivity contribution in [1.29, 1.82) is 0 Å². The van der Waals surface area contributed by atoms with Crippen LogP contribution in [0.2, 0.25) is 0 Å². The van der Waals surface area contributed by atoms with Crippen LogP contribution >= 0.6 is 0 Å². The summed E-state index contributed by atoms with van der Waals surface area (Å²) < 4.78 is 20.5. The molecule has 0 radical (unpaired) electrons. The largest absolute Gasteiger partial charge is 0.507 e. The van der Waals surface area contributed by atoms with Gasteiger partial charge in [0.2, 0.25) is 0 Å². The number of aromatic hydroxyl groups is 1. The van der Waals surface area contributed by atoms with Gasteiger partial charge in [0.15, 0.2) is 0 Å². The van der Waals surface area contributed by atoms with E-state index >= 15 is 0 Å². The molecule has 1 aliphatic rings. The van der Waals surface area contributed by atoms with Crippen LogP contribution in [-0.2, 0) is 11.3 Å². The Kier molecular flexibility index (Phi) is 7.05. The molecule has 3 aromatic rings. The number of hydrogen-bond donors (Lipinski definition) is 1. The third kappa shape index (κ3) is 4.91. The van der Waals surface area contributed by atoms with Crippen molar-refractivity contribution in [3.63, 3.8) is 0 Å². The molecule has 2 aromatic heterocycles. The Labute approximate surface area is 192 Å². The SMILES string of the molecule is COCCn1c(C)cc(O)c(C(c2ccc(F)cc2)N2CCN(c3ccccn3)CC2)c1=O. The van der Waals surface area contributed by atoms with E-state index < -0.39 is 6.04 Å². The number of methoxy groups -OCH3 is 1. The van der Waals surface area contributed by atoms with Crippen molar-refractivity contribution >= 4 is 5.82 Å². The van der Waals surface area contributed by atoms with Gasteiger partial charge in [-0.15, -0.1) is 0 Å². The predicted molar refractivity (Wildman–Crippen MR) is 125 cm³/mol. The minimum absolute atomic E-state index is 0.0485. The van der Waals surface area contributed by atoms with Crippen molar-refractivity contribution in [1.82, 2.24) is 14.5 Å². The first kappa shape index (κ1) is 22.9. The Bertz CT molecular complexity index is 1130. The number of aryl methyl sites for hydroxylation is 1. The van der Waals surface area contributed by atoms with Crippen molar-refractivity contribution in [2.24, 2.45) is 0 Å². The summed E-state index contributed by atoms with van der Waals surface area (Å²) in [5, 5.41) is 10.9. The Morgan fingerprint density at radius 3 is 2.48 bits per heavy atom. The molecule has 174 valence electrons. The van der Waals surface area contributed by atoms with Crippen LogP contribution < -0.4 is 10.5 Å². The highest BCUT2D eigenvalue weighted by molar-refractivity contribution is 5.42. The first-order valence-corrected chi connectivity index (χ1v) is 11.1. The van der Waals surface area contributed by atoms with Crippen molar-refractivity contribution in [2.75, 3.05) is 44.8 Å². The van der Waals surface area contributed by atoms with Crippen LogP contribution in [0, 0.1) is 12.7 Å². The maximum absolute atomic E-state index is 13.7. The van der Waals surface area contributed by atoms with E-state index in [0.717, 1.165) is 24.5 Å². The summed E-state index contributed by atoms with van der Waals surface area (Å²) in [4.78, 5) is 22.4. The number of benzene rings is 1. The fraction of sp³-hybridized carbons (Fsp3) is 0.360. The van der Waals surface area contributed by atoms with Crippen LogP contribution in [0.25, 0.3) is 0 Å². The molecule has 4 rings (SSSR count). The molecule has 1 unspecified atom stereocenters. The number of nitrogens with zero attached hydrogens (tertiary/aromatic N) is 4. The summed E-state index contributed by atoms with van der Waals surface area (Å²) in [6.07, 6.45) is 1.77. The lowest BCUT2D eigenvalue weighted by atomic mass is 9.96. The Morgan fingerprint density at radius 1 is 1.12 bits per heavy atom. The first-order chi connectivity index (χ1) is 16.0. The predicted octanol–water partition coefficient (Wildman–Crippen LogP) is 2.95. The molecule has 0 aliphatic carbocycles. The standard InChI is InChI=1S/C25H29FN4O3/c1-18-17-21(31)23(25(32)30(18)15-16-33-2)24(19-6-8-20(26)9-7-19)29-13-11-28(12-14-29)22-5-3-4-10-27-22/h3-10,17,24,31H,11-16H2,1-2H3. The summed E-state index contributed by atoms with van der Waals surface area (Å²) in [6, 6.07) is 13.1. The lowest BCUT2D eigenvalue weighted by molar-refractivity contribution is 0.183. The number of piperazine rings is 1. The molecule has 0 saturated carbocycles. The van der Waals surface area contributed by atoms with E-state index in [1.165, 1.54) is 12.1 Å². The number of hydrogen-bond acceptors (Lipinski definition) is 6. The third-order valence-electron chi connectivity index (χ3n) is 6.15. The number of ether oxygens (including phenoxy) is 1. The Hall–Kier alpha value is -3.23. The topological polar surface area (TPSA) is 70.8 Å². The average Bonchev–Trinajstić information content (AvgIpc) is 2.83. The minimum atomic E-state index is -0.502. The first-order valence-electron chi connectivity index (χ1n) is 11.1. The second-order valence-corrected chi connectivity index (χ2v) is 8.20. The van der Waals surface area contributed by atoms with Crippen LogP contribution in [-0.4, -0.2) is 59.5 Å². The number of anilines is 1. The van der Waals surface area contributed by atoms with Crippen LogP contribution in [0.5, 0.6) is 5.75 Å². The number of rotatable bonds is 7. The van der Waals surface area contributed by atoms with E-state index in [9.17, 15) is 14.3 Å². The van der Waals surface area contributed by atoms with E-state index in [2.05, 4.69) is 14.8 Å². The van der Waals surface area contributed by atoms with Crippen LogP contribution in [0.15, 0.2) is 59.5 Å². The van der Waals surface area contributed by atoms with E-state index in [0.29, 0.717) is 37.5 Å². The van der Waals surface area contributed by atoms with Gasteiger partial charge < -0.3 is 19.3 Å². The van der Waals surface area contributed by atoms with Gasteiger partial charge in [-0.25, -0.2) is 9.37 Å². The highest BCUT2D eigenvalue weighted by Gasteiger charge is 2.31. The van der Waals surface area contributed by atoms with Crippen molar-refractivity contribution in [3.05, 3.63) is 87.7 Å². The number of halogens is 1. The molecule has 1 saturated heterocycles. The molecule has 1 aliphatic heterocycles. The van der Waals surface area contributed by atoms with E-state index in [-0.39, 0.29) is 17.1 Å². The smallest absolute Gasteiger partial charge is 0.259 e. The van der Waals surface area contributed by atoms with Gasteiger partial charge in [0, 0.05) is 51.7 Å². The zero-order valence-corrected chi connectivity index (χ0v) is 18.9.